The van der Waals surface area contributed by atoms with Gasteiger partial charge < -0.3 is 4.90 Å². The molecular formula is C31H25N. The molecule has 1 aliphatic carbocycles. The minimum absolute atomic E-state index is 0.0518. The predicted molar refractivity (Wildman–Crippen MR) is 136 cm³/mol. The van der Waals surface area contributed by atoms with Crippen molar-refractivity contribution in [2.24, 2.45) is 0 Å². The molecule has 0 heterocycles. The summed E-state index contributed by atoms with van der Waals surface area (Å²) >= 11 is 0. The summed E-state index contributed by atoms with van der Waals surface area (Å²) in [5, 5.41) is 2.58. The second kappa shape index (κ2) is 7.10. The highest BCUT2D eigenvalue weighted by molar-refractivity contribution is 6.09. The molecule has 6 rings (SSSR count). The molecule has 0 saturated carbocycles. The Bertz CT molecular complexity index is 1390. The molecule has 0 radical (unpaired) electrons. The van der Waals surface area contributed by atoms with Crippen molar-refractivity contribution < 1.29 is 0 Å². The lowest BCUT2D eigenvalue weighted by atomic mass is 9.81. The number of hydrogen-bond donors (Lipinski definition) is 0. The average Bonchev–Trinajstić information content (AvgIpc) is 3.08. The predicted octanol–water partition coefficient (Wildman–Crippen LogP) is 8.62. The third kappa shape index (κ3) is 2.71. The molecule has 1 heteroatoms. The van der Waals surface area contributed by atoms with Crippen molar-refractivity contribution in [1.29, 1.82) is 0 Å². The van der Waals surface area contributed by atoms with Gasteiger partial charge in [0.05, 0.1) is 5.69 Å². The fourth-order valence-electron chi connectivity index (χ4n) is 5.30. The molecule has 0 atom stereocenters. The van der Waals surface area contributed by atoms with Gasteiger partial charge in [0.1, 0.15) is 0 Å². The van der Waals surface area contributed by atoms with Crippen molar-refractivity contribution in [3.05, 3.63) is 126 Å². The first kappa shape index (κ1) is 18.9. The van der Waals surface area contributed by atoms with Gasteiger partial charge in [-0.05, 0) is 58.0 Å². The first-order valence-electron chi connectivity index (χ1n) is 11.2. The molecule has 5 aromatic rings. The van der Waals surface area contributed by atoms with Crippen LogP contribution in [0.3, 0.4) is 0 Å². The fraction of sp³-hybridized carbons (Fsp3) is 0.0968. The highest BCUT2D eigenvalue weighted by atomic mass is 15.1. The van der Waals surface area contributed by atoms with E-state index in [1.807, 2.05) is 0 Å². The Labute approximate surface area is 189 Å². The molecule has 0 unspecified atom stereocenters. The van der Waals surface area contributed by atoms with E-state index in [-0.39, 0.29) is 5.41 Å². The maximum absolute atomic E-state index is 2.43. The van der Waals surface area contributed by atoms with Crippen LogP contribution < -0.4 is 4.90 Å². The molecule has 0 N–H and O–H groups in total. The third-order valence-electron chi connectivity index (χ3n) is 6.84. The Kier molecular flexibility index (Phi) is 4.19. The van der Waals surface area contributed by atoms with E-state index in [4.69, 9.17) is 0 Å². The van der Waals surface area contributed by atoms with Gasteiger partial charge in [-0.3, -0.25) is 0 Å². The maximum atomic E-state index is 2.43. The maximum Gasteiger partial charge on any atom is 0.0543 e. The average molecular weight is 412 g/mol. The van der Waals surface area contributed by atoms with Gasteiger partial charge in [0.15, 0.2) is 0 Å². The topological polar surface area (TPSA) is 3.24 Å². The second-order valence-corrected chi connectivity index (χ2v) is 9.04. The van der Waals surface area contributed by atoms with Crippen LogP contribution in [-0.2, 0) is 5.41 Å². The monoisotopic (exact) mass is 411 g/mol. The number of rotatable bonds is 3. The number of hydrogen-bond acceptors (Lipinski definition) is 1. The van der Waals surface area contributed by atoms with Crippen LogP contribution in [0.15, 0.2) is 115 Å². The van der Waals surface area contributed by atoms with Crippen molar-refractivity contribution in [1.82, 2.24) is 0 Å². The molecule has 0 aromatic heterocycles. The Morgan fingerprint density at radius 3 is 1.72 bits per heavy atom. The van der Waals surface area contributed by atoms with Crippen LogP contribution in [0.25, 0.3) is 21.9 Å². The van der Waals surface area contributed by atoms with Crippen LogP contribution in [-0.4, -0.2) is 0 Å². The largest absolute Gasteiger partial charge is 0.310 e. The zero-order valence-corrected chi connectivity index (χ0v) is 18.4. The molecule has 1 aliphatic rings. The van der Waals surface area contributed by atoms with Crippen molar-refractivity contribution in [2.45, 2.75) is 19.3 Å². The van der Waals surface area contributed by atoms with Crippen molar-refractivity contribution >= 4 is 27.8 Å². The minimum Gasteiger partial charge on any atom is -0.310 e. The SMILES string of the molecule is CC1(C)c2ccccc2-c2c1cc(N(c1ccccc1)c1ccccc1)c1ccccc21. The summed E-state index contributed by atoms with van der Waals surface area (Å²) in [6, 6.07) is 41.5. The van der Waals surface area contributed by atoms with E-state index in [1.165, 1.54) is 38.7 Å². The lowest BCUT2D eigenvalue weighted by molar-refractivity contribution is 0.661. The number of benzene rings is 5. The van der Waals surface area contributed by atoms with Crippen LogP contribution in [0.5, 0.6) is 0 Å². The summed E-state index contributed by atoms with van der Waals surface area (Å²) in [6.07, 6.45) is 0. The molecule has 0 spiro atoms. The van der Waals surface area contributed by atoms with Crippen LogP contribution in [0.2, 0.25) is 0 Å². The smallest absolute Gasteiger partial charge is 0.0543 e. The summed E-state index contributed by atoms with van der Waals surface area (Å²) in [7, 11) is 0. The highest BCUT2D eigenvalue weighted by Gasteiger charge is 2.37. The summed E-state index contributed by atoms with van der Waals surface area (Å²) in [6.45, 7) is 4.71. The number of nitrogens with zero attached hydrogens (tertiary/aromatic N) is 1. The molecule has 32 heavy (non-hydrogen) atoms. The summed E-state index contributed by atoms with van der Waals surface area (Å²) in [5.41, 5.74) is 9.04. The van der Waals surface area contributed by atoms with Crippen molar-refractivity contribution in [2.75, 3.05) is 4.90 Å². The molecule has 1 nitrogen and oxygen atoms in total. The van der Waals surface area contributed by atoms with Gasteiger partial charge in [0.25, 0.3) is 0 Å². The van der Waals surface area contributed by atoms with Gasteiger partial charge in [0.2, 0.25) is 0 Å². The molecular weight excluding hydrogens is 386 g/mol. The first-order chi connectivity index (χ1) is 15.7. The zero-order valence-electron chi connectivity index (χ0n) is 18.4. The molecule has 5 aromatic carbocycles. The van der Waals surface area contributed by atoms with Crippen LogP contribution >= 0.6 is 0 Å². The Hall–Kier alpha value is -3.84. The molecule has 0 bridgehead atoms. The third-order valence-corrected chi connectivity index (χ3v) is 6.84. The van der Waals surface area contributed by atoms with E-state index in [2.05, 4.69) is 134 Å². The van der Waals surface area contributed by atoms with E-state index in [9.17, 15) is 0 Å². The Morgan fingerprint density at radius 2 is 1.06 bits per heavy atom. The Morgan fingerprint density at radius 1 is 0.531 bits per heavy atom. The second-order valence-electron chi connectivity index (χ2n) is 9.04. The summed E-state index contributed by atoms with van der Waals surface area (Å²) < 4.78 is 0. The van der Waals surface area contributed by atoms with Crippen LogP contribution in [0.1, 0.15) is 25.0 Å². The zero-order chi connectivity index (χ0) is 21.7. The van der Waals surface area contributed by atoms with Crippen LogP contribution in [0, 0.1) is 0 Å². The van der Waals surface area contributed by atoms with Gasteiger partial charge >= 0.3 is 0 Å². The van der Waals surface area contributed by atoms with Gasteiger partial charge in [-0.2, -0.15) is 0 Å². The number of para-hydroxylation sites is 2. The van der Waals surface area contributed by atoms with E-state index < -0.39 is 0 Å². The normalized spacial score (nSPS) is 13.6. The highest BCUT2D eigenvalue weighted by Crippen LogP contribution is 2.54. The Balaban J connectivity index is 1.72. The van der Waals surface area contributed by atoms with Gasteiger partial charge in [-0.1, -0.05) is 98.8 Å². The van der Waals surface area contributed by atoms with Crippen molar-refractivity contribution in [3.8, 4) is 11.1 Å². The quantitative estimate of drug-likeness (QED) is 0.287. The van der Waals surface area contributed by atoms with Crippen molar-refractivity contribution in [3.63, 3.8) is 0 Å². The molecule has 0 amide bonds. The standard InChI is InChI=1S/C31H25N/c1-31(2)27-20-12-11-19-26(27)30-25-18-10-9-17-24(25)29(21-28(30)31)32(22-13-5-3-6-14-22)23-15-7-4-8-16-23/h3-21H,1-2H3. The molecule has 0 fully saturated rings. The summed E-state index contributed by atoms with van der Waals surface area (Å²) in [4.78, 5) is 2.39. The lowest BCUT2D eigenvalue weighted by Crippen LogP contribution is -2.17. The van der Waals surface area contributed by atoms with Gasteiger partial charge in [-0.25, -0.2) is 0 Å². The van der Waals surface area contributed by atoms with Crippen LogP contribution in [0.4, 0.5) is 17.1 Å². The van der Waals surface area contributed by atoms with Gasteiger partial charge in [-0.15, -0.1) is 0 Å². The van der Waals surface area contributed by atoms with E-state index in [1.54, 1.807) is 0 Å². The number of fused-ring (bicyclic) bond motifs is 5. The van der Waals surface area contributed by atoms with E-state index in [0.29, 0.717) is 0 Å². The van der Waals surface area contributed by atoms with E-state index in [0.717, 1.165) is 11.4 Å². The summed E-state index contributed by atoms with van der Waals surface area (Å²) in [5.74, 6) is 0. The number of anilines is 3. The first-order valence-corrected chi connectivity index (χ1v) is 11.2. The molecule has 154 valence electrons. The lowest BCUT2D eigenvalue weighted by Gasteiger charge is -2.29. The fourth-order valence-corrected chi connectivity index (χ4v) is 5.30. The molecule has 0 aliphatic heterocycles. The van der Waals surface area contributed by atoms with E-state index >= 15 is 0 Å². The molecule has 0 saturated heterocycles. The van der Waals surface area contributed by atoms with Gasteiger partial charge in [0, 0.05) is 22.2 Å². The minimum atomic E-state index is -0.0518.